The van der Waals surface area contributed by atoms with E-state index in [2.05, 4.69) is 11.9 Å². The fourth-order valence-electron chi connectivity index (χ4n) is 2.81. The van der Waals surface area contributed by atoms with Crippen molar-refractivity contribution >= 4 is 34.8 Å². The Morgan fingerprint density at radius 1 is 1.33 bits per heavy atom. The van der Waals surface area contributed by atoms with Crippen LogP contribution in [0.1, 0.15) is 35.9 Å². The molecule has 0 radical (unpaired) electrons. The van der Waals surface area contributed by atoms with Gasteiger partial charge in [-0.25, -0.2) is 4.98 Å². The lowest BCUT2D eigenvalue weighted by Crippen LogP contribution is -2.38. The third kappa shape index (κ3) is 2.62. The van der Waals surface area contributed by atoms with Crippen LogP contribution in [0.15, 0.2) is 12.3 Å². The molecule has 1 fully saturated rings. The highest BCUT2D eigenvalue weighted by Gasteiger charge is 2.26. The van der Waals surface area contributed by atoms with E-state index in [-0.39, 0.29) is 5.91 Å². The molecular formula is C15H17Cl2N3O. The predicted molar refractivity (Wildman–Crippen MR) is 84.3 cm³/mol. The molecule has 21 heavy (non-hydrogen) atoms. The molecule has 3 heterocycles. The quantitative estimate of drug-likeness (QED) is 0.799. The molecule has 112 valence electrons. The number of rotatable bonds is 1. The minimum absolute atomic E-state index is 0.00485. The fraction of sp³-hybridized carbons (Fsp3) is 0.467. The Balaban J connectivity index is 2.03. The summed E-state index contributed by atoms with van der Waals surface area (Å²) in [5, 5.41) is 0.947. The summed E-state index contributed by atoms with van der Waals surface area (Å²) in [4.78, 5) is 19.1. The molecule has 0 aliphatic carbocycles. The summed E-state index contributed by atoms with van der Waals surface area (Å²) in [7, 11) is 0. The highest BCUT2D eigenvalue weighted by Crippen LogP contribution is 2.26. The van der Waals surface area contributed by atoms with Gasteiger partial charge in [0.1, 0.15) is 5.69 Å². The van der Waals surface area contributed by atoms with Crippen LogP contribution in [0, 0.1) is 12.8 Å². The van der Waals surface area contributed by atoms with E-state index in [9.17, 15) is 4.79 Å². The Hall–Kier alpha value is -1.26. The number of likely N-dealkylation sites (tertiary alicyclic amines) is 1. The van der Waals surface area contributed by atoms with Crippen molar-refractivity contribution in [2.45, 2.75) is 26.7 Å². The summed E-state index contributed by atoms with van der Waals surface area (Å²) in [6.07, 6.45) is 3.79. The highest BCUT2D eigenvalue weighted by atomic mass is 35.5. The van der Waals surface area contributed by atoms with Gasteiger partial charge in [-0.1, -0.05) is 30.1 Å². The van der Waals surface area contributed by atoms with Crippen molar-refractivity contribution in [2.24, 2.45) is 5.92 Å². The summed E-state index contributed by atoms with van der Waals surface area (Å²) in [6, 6.07) is 1.64. The zero-order valence-corrected chi connectivity index (χ0v) is 13.6. The molecule has 0 saturated carbocycles. The first-order valence-electron chi connectivity index (χ1n) is 7.10. The number of imidazole rings is 1. The zero-order valence-electron chi connectivity index (χ0n) is 12.1. The maximum Gasteiger partial charge on any atom is 0.272 e. The van der Waals surface area contributed by atoms with Crippen LogP contribution >= 0.6 is 23.2 Å². The average molecular weight is 326 g/mol. The second-order valence-electron chi connectivity index (χ2n) is 5.72. The van der Waals surface area contributed by atoms with Crippen LogP contribution < -0.4 is 0 Å². The molecule has 4 nitrogen and oxygen atoms in total. The first-order valence-corrected chi connectivity index (χ1v) is 7.86. The van der Waals surface area contributed by atoms with Crippen molar-refractivity contribution in [1.82, 2.24) is 14.3 Å². The van der Waals surface area contributed by atoms with E-state index in [4.69, 9.17) is 23.2 Å². The van der Waals surface area contributed by atoms with Crippen molar-refractivity contribution < 1.29 is 4.79 Å². The lowest BCUT2D eigenvalue weighted by atomic mass is 9.99. The molecule has 3 rings (SSSR count). The van der Waals surface area contributed by atoms with Crippen molar-refractivity contribution in [1.29, 1.82) is 0 Å². The molecule has 1 aliphatic heterocycles. The number of halogens is 2. The van der Waals surface area contributed by atoms with Gasteiger partial charge in [0, 0.05) is 19.3 Å². The Kier molecular flexibility index (Phi) is 3.84. The smallest absolute Gasteiger partial charge is 0.272 e. The van der Waals surface area contributed by atoms with Crippen molar-refractivity contribution in [3.63, 3.8) is 0 Å². The number of fused-ring (bicyclic) bond motifs is 1. The molecule has 1 amide bonds. The number of hydrogen-bond acceptors (Lipinski definition) is 2. The number of aryl methyl sites for hydroxylation is 1. The summed E-state index contributed by atoms with van der Waals surface area (Å²) >= 11 is 12.2. The van der Waals surface area contributed by atoms with Gasteiger partial charge in [0.05, 0.1) is 15.7 Å². The van der Waals surface area contributed by atoms with Gasteiger partial charge in [-0.15, -0.1) is 0 Å². The Morgan fingerprint density at radius 2 is 2.00 bits per heavy atom. The van der Waals surface area contributed by atoms with E-state index in [0.29, 0.717) is 33.0 Å². The predicted octanol–water partition coefficient (Wildman–Crippen LogP) is 3.82. The van der Waals surface area contributed by atoms with E-state index in [1.54, 1.807) is 16.7 Å². The monoisotopic (exact) mass is 325 g/mol. The van der Waals surface area contributed by atoms with Crippen molar-refractivity contribution in [2.75, 3.05) is 13.1 Å². The first kappa shape index (κ1) is 14.7. The number of piperidine rings is 1. The molecule has 6 heteroatoms. The average Bonchev–Trinajstić information content (AvgIpc) is 2.75. The summed E-state index contributed by atoms with van der Waals surface area (Å²) in [6.45, 7) is 5.64. The van der Waals surface area contributed by atoms with Crippen LogP contribution in [0.3, 0.4) is 0 Å². The van der Waals surface area contributed by atoms with Gasteiger partial charge >= 0.3 is 0 Å². The Morgan fingerprint density at radius 3 is 2.67 bits per heavy atom. The maximum absolute atomic E-state index is 12.8. The van der Waals surface area contributed by atoms with Crippen molar-refractivity contribution in [3.05, 3.63) is 33.7 Å². The second-order valence-corrected chi connectivity index (χ2v) is 6.56. The minimum Gasteiger partial charge on any atom is -0.337 e. The minimum atomic E-state index is 0.00485. The van der Waals surface area contributed by atoms with Gasteiger partial charge in [0.25, 0.3) is 5.91 Å². The molecule has 0 N–H and O–H groups in total. The topological polar surface area (TPSA) is 37.6 Å². The molecule has 0 spiro atoms. The largest absolute Gasteiger partial charge is 0.337 e. The maximum atomic E-state index is 12.8. The Bertz CT molecular complexity index is 702. The molecule has 0 bridgehead atoms. The van der Waals surface area contributed by atoms with Crippen molar-refractivity contribution in [3.8, 4) is 0 Å². The number of pyridine rings is 1. The van der Waals surface area contributed by atoms with E-state index < -0.39 is 0 Å². The summed E-state index contributed by atoms with van der Waals surface area (Å²) < 4.78 is 1.71. The Labute approximate surface area is 133 Å². The van der Waals surface area contributed by atoms with Crippen LogP contribution in [0.25, 0.3) is 5.65 Å². The van der Waals surface area contributed by atoms with Crippen LogP contribution in [0.4, 0.5) is 0 Å². The first-order chi connectivity index (χ1) is 9.97. The number of aromatic nitrogens is 2. The number of hydrogen-bond donors (Lipinski definition) is 0. The van der Waals surface area contributed by atoms with Gasteiger partial charge in [0.2, 0.25) is 0 Å². The van der Waals surface area contributed by atoms with Gasteiger partial charge in [-0.3, -0.25) is 9.20 Å². The second kappa shape index (κ2) is 5.50. The molecule has 1 aliphatic rings. The third-order valence-electron chi connectivity index (χ3n) is 4.09. The number of amides is 1. The molecule has 1 saturated heterocycles. The van der Waals surface area contributed by atoms with Gasteiger partial charge in [-0.05, 0) is 31.7 Å². The number of nitrogens with zero attached hydrogens (tertiary/aromatic N) is 3. The SMILES string of the molecule is Cc1nc2c(Cl)cc(Cl)cn2c1C(=O)N1CCC(C)CC1. The van der Waals surface area contributed by atoms with Crippen LogP contribution in [0.5, 0.6) is 0 Å². The number of carbonyl (C=O) groups is 1. The van der Waals surface area contributed by atoms with E-state index in [1.807, 2.05) is 11.8 Å². The molecule has 0 aromatic carbocycles. The zero-order chi connectivity index (χ0) is 15.1. The summed E-state index contributed by atoms with van der Waals surface area (Å²) in [5.41, 5.74) is 1.82. The number of carbonyl (C=O) groups excluding carboxylic acids is 1. The molecule has 0 unspecified atom stereocenters. The van der Waals surface area contributed by atoms with E-state index in [0.717, 1.165) is 25.9 Å². The fourth-order valence-corrected chi connectivity index (χ4v) is 3.32. The van der Waals surface area contributed by atoms with Gasteiger partial charge in [-0.2, -0.15) is 0 Å². The van der Waals surface area contributed by atoms with Crippen LogP contribution in [0.2, 0.25) is 10.0 Å². The van der Waals surface area contributed by atoms with E-state index in [1.165, 1.54) is 0 Å². The van der Waals surface area contributed by atoms with Gasteiger partial charge < -0.3 is 4.90 Å². The van der Waals surface area contributed by atoms with Crippen LogP contribution in [-0.4, -0.2) is 33.3 Å². The summed E-state index contributed by atoms with van der Waals surface area (Å²) in [5.74, 6) is 0.687. The highest BCUT2D eigenvalue weighted by molar-refractivity contribution is 6.36. The molecule has 2 aromatic heterocycles. The standard InChI is InChI=1S/C15H17Cl2N3O/c1-9-3-5-19(6-4-9)15(21)13-10(2)18-14-12(17)7-11(16)8-20(13)14/h7-9H,3-6H2,1-2H3. The van der Waals surface area contributed by atoms with Gasteiger partial charge in [0.15, 0.2) is 5.65 Å². The lowest BCUT2D eigenvalue weighted by Gasteiger charge is -2.30. The van der Waals surface area contributed by atoms with Crippen LogP contribution in [-0.2, 0) is 0 Å². The van der Waals surface area contributed by atoms with E-state index >= 15 is 0 Å². The normalized spacial score (nSPS) is 16.7. The molecule has 2 aromatic rings. The lowest BCUT2D eigenvalue weighted by molar-refractivity contribution is 0.0689. The molecule has 0 atom stereocenters. The third-order valence-corrected chi connectivity index (χ3v) is 4.57. The molecular weight excluding hydrogens is 309 g/mol.